The summed E-state index contributed by atoms with van der Waals surface area (Å²) in [7, 11) is 4.40. The second-order valence-corrected chi connectivity index (χ2v) is 9.00. The van der Waals surface area contributed by atoms with Gasteiger partial charge >= 0.3 is 0 Å². The standard InChI is InChI=1S/C22H32N4/c1-18-24-21(17-26(18)16-20(2,3)15-23)11-13-22(14-12-21,25(4)5)19-9-7-6-8-10-19/h6-10,24H,1,11-14,16-17H2,2-5H3. The minimum absolute atomic E-state index is 0.0942. The molecular formula is C22H32N4. The molecule has 0 radical (unpaired) electrons. The Labute approximate surface area is 158 Å². The summed E-state index contributed by atoms with van der Waals surface area (Å²) in [4.78, 5) is 4.67. The van der Waals surface area contributed by atoms with Crippen molar-refractivity contribution in [3.63, 3.8) is 0 Å². The fraction of sp³-hybridized carbons (Fsp3) is 0.591. The van der Waals surface area contributed by atoms with Crippen molar-refractivity contribution < 1.29 is 0 Å². The monoisotopic (exact) mass is 352 g/mol. The molecule has 0 amide bonds. The number of nitriles is 1. The van der Waals surface area contributed by atoms with E-state index in [1.165, 1.54) is 5.56 Å². The molecule has 1 saturated carbocycles. The van der Waals surface area contributed by atoms with Crippen LogP contribution >= 0.6 is 0 Å². The molecule has 1 aliphatic heterocycles. The molecule has 0 aromatic heterocycles. The van der Waals surface area contributed by atoms with Crippen LogP contribution < -0.4 is 5.32 Å². The lowest BCUT2D eigenvalue weighted by Crippen LogP contribution is -2.53. The zero-order valence-electron chi connectivity index (χ0n) is 16.7. The number of rotatable bonds is 4. The molecule has 4 heteroatoms. The maximum absolute atomic E-state index is 9.37. The van der Waals surface area contributed by atoms with Gasteiger partial charge in [0.2, 0.25) is 0 Å². The number of benzene rings is 1. The Hall–Kier alpha value is -1.99. The van der Waals surface area contributed by atoms with E-state index < -0.39 is 0 Å². The third kappa shape index (κ3) is 3.33. The van der Waals surface area contributed by atoms with Gasteiger partial charge in [-0.15, -0.1) is 0 Å². The molecule has 1 aromatic carbocycles. The summed E-state index contributed by atoms with van der Waals surface area (Å²) >= 11 is 0. The molecule has 1 N–H and O–H groups in total. The van der Waals surface area contributed by atoms with Crippen LogP contribution in [-0.4, -0.2) is 42.5 Å². The Morgan fingerprint density at radius 2 is 1.81 bits per heavy atom. The second kappa shape index (κ2) is 6.63. The number of hydrogen-bond donors (Lipinski definition) is 1. The van der Waals surface area contributed by atoms with Crippen LogP contribution in [0.2, 0.25) is 0 Å². The first kappa shape index (κ1) is 18.8. The van der Waals surface area contributed by atoms with Crippen LogP contribution in [0.3, 0.4) is 0 Å². The van der Waals surface area contributed by atoms with Crippen LogP contribution in [0.1, 0.15) is 45.1 Å². The Morgan fingerprint density at radius 1 is 1.19 bits per heavy atom. The minimum Gasteiger partial charge on any atom is -0.365 e. The first-order chi connectivity index (χ1) is 12.2. The Morgan fingerprint density at radius 3 is 2.35 bits per heavy atom. The van der Waals surface area contributed by atoms with Gasteiger partial charge in [-0.3, -0.25) is 4.90 Å². The van der Waals surface area contributed by atoms with Crippen molar-refractivity contribution in [2.24, 2.45) is 5.41 Å². The lowest BCUT2D eigenvalue weighted by molar-refractivity contribution is 0.0612. The first-order valence-electron chi connectivity index (χ1n) is 9.58. The summed E-state index contributed by atoms with van der Waals surface area (Å²) in [5.74, 6) is 0.977. The van der Waals surface area contributed by atoms with E-state index in [0.717, 1.165) is 44.6 Å². The third-order valence-corrected chi connectivity index (χ3v) is 6.37. The lowest BCUT2D eigenvalue weighted by atomic mass is 9.69. The molecule has 1 aromatic rings. The average Bonchev–Trinajstić information content (AvgIpc) is 2.91. The van der Waals surface area contributed by atoms with Crippen LogP contribution in [0, 0.1) is 16.7 Å². The molecule has 0 unspecified atom stereocenters. The smallest absolute Gasteiger partial charge is 0.0945 e. The van der Waals surface area contributed by atoms with Crippen LogP contribution in [0.25, 0.3) is 0 Å². The molecule has 2 fully saturated rings. The van der Waals surface area contributed by atoms with Crippen molar-refractivity contribution in [3.05, 3.63) is 48.3 Å². The number of nitrogens with one attached hydrogen (secondary N) is 1. The van der Waals surface area contributed by atoms with Gasteiger partial charge in [0.25, 0.3) is 0 Å². The van der Waals surface area contributed by atoms with Crippen molar-refractivity contribution in [3.8, 4) is 6.07 Å². The summed E-state index contributed by atoms with van der Waals surface area (Å²) in [6.07, 6.45) is 4.48. The molecule has 2 aliphatic rings. The van der Waals surface area contributed by atoms with Crippen LogP contribution in [0.5, 0.6) is 0 Å². The zero-order valence-corrected chi connectivity index (χ0v) is 16.7. The minimum atomic E-state index is -0.359. The highest BCUT2D eigenvalue weighted by molar-refractivity contribution is 5.27. The highest BCUT2D eigenvalue weighted by Crippen LogP contribution is 2.46. The molecule has 26 heavy (non-hydrogen) atoms. The fourth-order valence-electron chi connectivity index (χ4n) is 4.72. The Bertz CT molecular complexity index is 691. The quantitative estimate of drug-likeness (QED) is 0.897. The van der Waals surface area contributed by atoms with Crippen molar-refractivity contribution in [1.82, 2.24) is 15.1 Å². The van der Waals surface area contributed by atoms with Gasteiger partial charge in [-0.25, -0.2) is 0 Å². The van der Waals surface area contributed by atoms with Crippen LogP contribution in [0.15, 0.2) is 42.7 Å². The predicted molar refractivity (Wildman–Crippen MR) is 106 cm³/mol. The van der Waals surface area contributed by atoms with Crippen molar-refractivity contribution in [1.29, 1.82) is 5.26 Å². The molecule has 0 atom stereocenters. The van der Waals surface area contributed by atoms with Gasteiger partial charge in [-0.05, 0) is 59.2 Å². The van der Waals surface area contributed by atoms with Gasteiger partial charge in [-0.1, -0.05) is 36.9 Å². The predicted octanol–water partition coefficient (Wildman–Crippen LogP) is 3.68. The van der Waals surface area contributed by atoms with Gasteiger partial charge in [0.05, 0.1) is 22.8 Å². The van der Waals surface area contributed by atoms with Crippen molar-refractivity contribution in [2.45, 2.75) is 50.6 Å². The van der Waals surface area contributed by atoms with Crippen LogP contribution in [0.4, 0.5) is 0 Å². The van der Waals surface area contributed by atoms with E-state index >= 15 is 0 Å². The van der Waals surface area contributed by atoms with E-state index in [0.29, 0.717) is 0 Å². The van der Waals surface area contributed by atoms with E-state index in [1.807, 2.05) is 13.8 Å². The highest BCUT2D eigenvalue weighted by Gasteiger charge is 2.48. The van der Waals surface area contributed by atoms with Gasteiger partial charge in [0.1, 0.15) is 0 Å². The summed E-state index contributed by atoms with van der Waals surface area (Å²) in [6, 6.07) is 13.3. The van der Waals surface area contributed by atoms with Crippen molar-refractivity contribution in [2.75, 3.05) is 27.2 Å². The summed E-state index contributed by atoms with van der Waals surface area (Å²) in [5, 5.41) is 13.1. The number of hydrogen-bond acceptors (Lipinski definition) is 4. The maximum Gasteiger partial charge on any atom is 0.0945 e. The number of nitrogens with zero attached hydrogens (tertiary/aromatic N) is 3. The van der Waals surface area contributed by atoms with E-state index in [2.05, 4.69) is 72.2 Å². The highest BCUT2D eigenvalue weighted by atomic mass is 15.3. The fourth-order valence-corrected chi connectivity index (χ4v) is 4.72. The topological polar surface area (TPSA) is 42.3 Å². The Balaban J connectivity index is 1.75. The van der Waals surface area contributed by atoms with Gasteiger partial charge in [0.15, 0.2) is 0 Å². The normalized spacial score (nSPS) is 29.1. The molecular weight excluding hydrogens is 320 g/mol. The maximum atomic E-state index is 9.37. The SMILES string of the molecule is C=C1NC2(CCC(c3ccccc3)(N(C)C)CC2)CN1CC(C)(C)C#N. The van der Waals surface area contributed by atoms with E-state index in [4.69, 9.17) is 0 Å². The third-order valence-electron chi connectivity index (χ3n) is 6.37. The molecule has 1 spiro atoms. The molecule has 140 valence electrons. The van der Waals surface area contributed by atoms with E-state index in [1.54, 1.807) is 0 Å². The summed E-state index contributed by atoms with van der Waals surface area (Å²) < 4.78 is 0. The van der Waals surface area contributed by atoms with E-state index in [9.17, 15) is 5.26 Å². The largest absolute Gasteiger partial charge is 0.365 e. The average molecular weight is 353 g/mol. The zero-order chi connectivity index (χ0) is 19.0. The molecule has 1 heterocycles. The lowest BCUT2D eigenvalue weighted by Gasteiger charge is -2.49. The molecule has 0 bridgehead atoms. The van der Waals surface area contributed by atoms with Gasteiger partial charge in [0, 0.05) is 18.6 Å². The molecule has 1 saturated heterocycles. The van der Waals surface area contributed by atoms with Gasteiger partial charge in [-0.2, -0.15) is 5.26 Å². The second-order valence-electron chi connectivity index (χ2n) is 9.00. The molecule has 1 aliphatic carbocycles. The summed E-state index contributed by atoms with van der Waals surface area (Å²) in [5.41, 5.74) is 1.26. The molecule has 3 rings (SSSR count). The molecule has 4 nitrogen and oxygen atoms in total. The van der Waals surface area contributed by atoms with E-state index in [-0.39, 0.29) is 16.5 Å². The Kier molecular flexibility index (Phi) is 4.79. The van der Waals surface area contributed by atoms with Crippen LogP contribution in [-0.2, 0) is 5.54 Å². The first-order valence-corrected chi connectivity index (χ1v) is 9.58. The van der Waals surface area contributed by atoms with Crippen molar-refractivity contribution >= 4 is 0 Å². The summed E-state index contributed by atoms with van der Waals surface area (Å²) in [6.45, 7) is 9.91. The van der Waals surface area contributed by atoms with Gasteiger partial charge < -0.3 is 10.2 Å².